The number of anilines is 1. The molecule has 3 saturated heterocycles. The van der Waals surface area contributed by atoms with E-state index in [9.17, 15) is 19.2 Å². The summed E-state index contributed by atoms with van der Waals surface area (Å²) in [6.45, 7) is 10.7. The Morgan fingerprint density at radius 3 is 2.61 bits per heavy atom. The van der Waals surface area contributed by atoms with Gasteiger partial charge in [0.15, 0.2) is 0 Å². The second-order valence-electron chi connectivity index (χ2n) is 11.5. The van der Waals surface area contributed by atoms with Crippen molar-refractivity contribution < 1.29 is 23.9 Å². The van der Waals surface area contributed by atoms with Crippen molar-refractivity contribution in [3.63, 3.8) is 0 Å². The Bertz CT molecular complexity index is 1390. The number of hydrogen-bond donors (Lipinski definition) is 2. The number of imide groups is 2. The predicted octanol–water partition coefficient (Wildman–Crippen LogP) is 2.17. The molecule has 2 N–H and O–H groups in total. The van der Waals surface area contributed by atoms with E-state index < -0.39 is 23.8 Å². The van der Waals surface area contributed by atoms with E-state index in [1.165, 1.54) is 11.1 Å². The van der Waals surface area contributed by atoms with Gasteiger partial charge in [0.2, 0.25) is 11.8 Å². The minimum atomic E-state index is -0.980. The topological polar surface area (TPSA) is 111 Å². The second kappa shape index (κ2) is 11.3. The first-order valence-electron chi connectivity index (χ1n) is 14.6. The van der Waals surface area contributed by atoms with E-state index in [2.05, 4.69) is 52.5 Å². The summed E-state index contributed by atoms with van der Waals surface area (Å²) in [5.41, 5.74) is 4.78. The fourth-order valence-corrected chi connectivity index (χ4v) is 6.47. The van der Waals surface area contributed by atoms with Crippen LogP contribution < -0.4 is 10.6 Å². The monoisotopic (exact) mass is 559 g/mol. The van der Waals surface area contributed by atoms with Crippen molar-refractivity contribution in [2.45, 2.75) is 64.4 Å². The number of likely N-dealkylation sites (tertiary alicyclic amines) is 1. The fraction of sp³-hybridized carbons (Fsp3) is 0.484. The molecule has 2 atom stereocenters. The van der Waals surface area contributed by atoms with Crippen LogP contribution >= 0.6 is 0 Å². The number of amides is 4. The maximum Gasteiger partial charge on any atom is 0.264 e. The number of aryl methyl sites for hydroxylation is 1. The standard InChI is InChI=1S/C31H37N5O5/c1-3-21-13-20(16-34-17-23(18-34)35-11-12-41-19(2)15-35)7-8-22(21)14-32-25-6-4-5-24-28(25)31(40)36(30(24)39)26-9-10-27(37)33-29(26)38/h4-8,13,19,23,26,32H,3,9-12,14-18H2,1-2H3,(H,33,37,38)/t19-,26?/m0/s1. The molecule has 216 valence electrons. The van der Waals surface area contributed by atoms with Crippen LogP contribution in [0.3, 0.4) is 0 Å². The molecule has 10 nitrogen and oxygen atoms in total. The van der Waals surface area contributed by atoms with Gasteiger partial charge in [-0.05, 0) is 48.6 Å². The Morgan fingerprint density at radius 1 is 1.02 bits per heavy atom. The Labute approximate surface area is 240 Å². The number of carbonyl (C=O) groups excluding carboxylic acids is 4. The summed E-state index contributed by atoms with van der Waals surface area (Å²) in [6, 6.07) is 11.4. The molecule has 4 heterocycles. The zero-order valence-electron chi connectivity index (χ0n) is 23.7. The third-order valence-corrected chi connectivity index (χ3v) is 8.72. The van der Waals surface area contributed by atoms with Gasteiger partial charge < -0.3 is 10.1 Å². The summed E-state index contributed by atoms with van der Waals surface area (Å²) in [6.07, 6.45) is 1.42. The van der Waals surface area contributed by atoms with Gasteiger partial charge in [-0.1, -0.05) is 31.2 Å². The number of nitrogens with one attached hydrogen (secondary N) is 2. The molecule has 3 fully saturated rings. The number of morpholine rings is 1. The van der Waals surface area contributed by atoms with E-state index in [0.717, 1.165) is 56.2 Å². The number of ether oxygens (including phenoxy) is 1. The smallest absolute Gasteiger partial charge is 0.264 e. The lowest BCUT2D eigenvalue weighted by Gasteiger charge is -2.47. The molecular formula is C31H37N5O5. The van der Waals surface area contributed by atoms with Gasteiger partial charge in [0, 0.05) is 57.4 Å². The summed E-state index contributed by atoms with van der Waals surface area (Å²) in [4.78, 5) is 56.6. The van der Waals surface area contributed by atoms with Crippen molar-refractivity contribution in [1.29, 1.82) is 0 Å². The second-order valence-corrected chi connectivity index (χ2v) is 11.5. The zero-order valence-corrected chi connectivity index (χ0v) is 23.7. The van der Waals surface area contributed by atoms with Crippen molar-refractivity contribution in [3.05, 3.63) is 64.2 Å². The zero-order chi connectivity index (χ0) is 28.7. The molecule has 4 aliphatic heterocycles. The Balaban J connectivity index is 1.10. The van der Waals surface area contributed by atoms with Gasteiger partial charge in [0.05, 0.1) is 23.8 Å². The number of piperidine rings is 1. The molecule has 0 aromatic heterocycles. The molecule has 4 aliphatic rings. The van der Waals surface area contributed by atoms with Crippen molar-refractivity contribution >= 4 is 29.3 Å². The molecule has 10 heteroatoms. The average molecular weight is 560 g/mol. The Morgan fingerprint density at radius 2 is 1.85 bits per heavy atom. The predicted molar refractivity (Wildman–Crippen MR) is 152 cm³/mol. The van der Waals surface area contributed by atoms with E-state index in [-0.39, 0.29) is 29.9 Å². The van der Waals surface area contributed by atoms with Gasteiger partial charge in [0.25, 0.3) is 11.8 Å². The third kappa shape index (κ3) is 5.39. The van der Waals surface area contributed by atoms with Gasteiger partial charge in [-0.3, -0.25) is 39.2 Å². The van der Waals surface area contributed by atoms with Crippen LogP contribution in [0.4, 0.5) is 5.69 Å². The summed E-state index contributed by atoms with van der Waals surface area (Å²) in [7, 11) is 0. The highest BCUT2D eigenvalue weighted by molar-refractivity contribution is 6.25. The molecule has 2 aromatic rings. The number of fused-ring (bicyclic) bond motifs is 1. The van der Waals surface area contributed by atoms with Crippen LogP contribution in [0.25, 0.3) is 0 Å². The van der Waals surface area contributed by atoms with Gasteiger partial charge in [-0.25, -0.2) is 0 Å². The molecule has 6 rings (SSSR count). The van der Waals surface area contributed by atoms with E-state index in [1.807, 2.05) is 0 Å². The minimum Gasteiger partial charge on any atom is -0.380 e. The van der Waals surface area contributed by atoms with E-state index in [1.54, 1.807) is 18.2 Å². The number of rotatable bonds is 8. The van der Waals surface area contributed by atoms with Crippen molar-refractivity contribution in [2.24, 2.45) is 0 Å². The first-order chi connectivity index (χ1) is 19.8. The molecule has 2 aromatic carbocycles. The van der Waals surface area contributed by atoms with Crippen LogP contribution in [0.1, 0.15) is 64.1 Å². The number of carbonyl (C=O) groups is 4. The lowest BCUT2D eigenvalue weighted by molar-refractivity contribution is -0.136. The Kier molecular flexibility index (Phi) is 7.63. The minimum absolute atomic E-state index is 0.0935. The summed E-state index contributed by atoms with van der Waals surface area (Å²) in [5.74, 6) is -2.01. The van der Waals surface area contributed by atoms with Crippen LogP contribution in [0.15, 0.2) is 36.4 Å². The highest BCUT2D eigenvalue weighted by atomic mass is 16.5. The van der Waals surface area contributed by atoms with Crippen LogP contribution in [0, 0.1) is 0 Å². The molecule has 0 aliphatic carbocycles. The number of hydrogen-bond acceptors (Lipinski definition) is 8. The first-order valence-corrected chi connectivity index (χ1v) is 14.6. The largest absolute Gasteiger partial charge is 0.380 e. The maximum atomic E-state index is 13.4. The van der Waals surface area contributed by atoms with Gasteiger partial charge in [-0.15, -0.1) is 0 Å². The van der Waals surface area contributed by atoms with Crippen LogP contribution in [-0.2, 0) is 33.8 Å². The van der Waals surface area contributed by atoms with E-state index in [4.69, 9.17) is 4.74 Å². The normalized spacial score (nSPS) is 23.9. The lowest BCUT2D eigenvalue weighted by atomic mass is 9.99. The maximum absolute atomic E-state index is 13.4. The van der Waals surface area contributed by atoms with Crippen LogP contribution in [0.5, 0.6) is 0 Å². The van der Waals surface area contributed by atoms with Gasteiger partial charge >= 0.3 is 0 Å². The molecule has 0 radical (unpaired) electrons. The van der Waals surface area contributed by atoms with Gasteiger partial charge in [-0.2, -0.15) is 0 Å². The van der Waals surface area contributed by atoms with Crippen molar-refractivity contribution in [1.82, 2.24) is 20.0 Å². The van der Waals surface area contributed by atoms with E-state index >= 15 is 0 Å². The molecule has 4 amide bonds. The number of benzene rings is 2. The van der Waals surface area contributed by atoms with E-state index in [0.29, 0.717) is 24.4 Å². The molecule has 0 saturated carbocycles. The van der Waals surface area contributed by atoms with Crippen molar-refractivity contribution in [3.8, 4) is 0 Å². The lowest BCUT2D eigenvalue weighted by Crippen LogP contribution is -2.61. The summed E-state index contributed by atoms with van der Waals surface area (Å²) < 4.78 is 5.68. The quantitative estimate of drug-likeness (QED) is 0.474. The van der Waals surface area contributed by atoms with Gasteiger partial charge in [0.1, 0.15) is 6.04 Å². The van der Waals surface area contributed by atoms with Crippen LogP contribution in [0.2, 0.25) is 0 Å². The average Bonchev–Trinajstić information content (AvgIpc) is 3.19. The highest BCUT2D eigenvalue weighted by Gasteiger charge is 2.45. The Hall–Kier alpha value is -3.60. The van der Waals surface area contributed by atoms with Crippen molar-refractivity contribution in [2.75, 3.05) is 38.1 Å². The molecule has 0 spiro atoms. The SMILES string of the molecule is CCc1cc(CN2CC(N3CCO[C@@H](C)C3)C2)ccc1CNc1cccc2c1C(=O)N(C1CCC(=O)NC1=O)C2=O. The molecular weight excluding hydrogens is 522 g/mol. The molecule has 0 bridgehead atoms. The summed E-state index contributed by atoms with van der Waals surface area (Å²) >= 11 is 0. The number of nitrogens with zero attached hydrogens (tertiary/aromatic N) is 3. The highest BCUT2D eigenvalue weighted by Crippen LogP contribution is 2.33. The first kappa shape index (κ1) is 27.6. The molecule has 1 unspecified atom stereocenters. The fourth-order valence-electron chi connectivity index (χ4n) is 6.47. The third-order valence-electron chi connectivity index (χ3n) is 8.72. The van der Waals surface area contributed by atoms with Crippen LogP contribution in [-0.4, -0.2) is 89.3 Å². The summed E-state index contributed by atoms with van der Waals surface area (Å²) in [5, 5.41) is 5.62. The molecule has 41 heavy (non-hydrogen) atoms.